The van der Waals surface area contributed by atoms with E-state index in [-0.39, 0.29) is 5.91 Å². The van der Waals surface area contributed by atoms with Crippen molar-refractivity contribution in [1.29, 1.82) is 0 Å². The molecule has 1 saturated heterocycles. The third-order valence-electron chi connectivity index (χ3n) is 3.31. The average Bonchev–Trinajstić information content (AvgIpc) is 2.83. The molecule has 1 N–H and O–H groups in total. The van der Waals surface area contributed by atoms with Crippen LogP contribution in [-0.4, -0.2) is 30.9 Å². The van der Waals surface area contributed by atoms with E-state index in [0.717, 1.165) is 19.5 Å². The van der Waals surface area contributed by atoms with Gasteiger partial charge in [0.05, 0.1) is 0 Å². The molecule has 0 spiro atoms. The highest BCUT2D eigenvalue weighted by Gasteiger charge is 2.20. The minimum absolute atomic E-state index is 0.252. The molecule has 1 amide bonds. The zero-order chi connectivity index (χ0) is 12.1. The number of carbonyl (C=O) groups excluding carboxylic acids is 1. The summed E-state index contributed by atoms with van der Waals surface area (Å²) in [5, 5.41) is 3.30. The third-order valence-corrected chi connectivity index (χ3v) is 3.31. The number of nitrogens with one attached hydrogen (secondary N) is 1. The maximum absolute atomic E-state index is 12.0. The van der Waals surface area contributed by atoms with Crippen LogP contribution in [0.25, 0.3) is 0 Å². The summed E-state index contributed by atoms with van der Waals surface area (Å²) in [6.07, 6.45) is 1.81. The lowest BCUT2D eigenvalue weighted by molar-refractivity contribution is -0.131. The minimum atomic E-state index is 0.252. The molecule has 1 heterocycles. The summed E-state index contributed by atoms with van der Waals surface area (Å²) in [7, 11) is 1.89. The average molecular weight is 232 g/mol. The minimum Gasteiger partial charge on any atom is -0.341 e. The van der Waals surface area contributed by atoms with Gasteiger partial charge in [0.15, 0.2) is 0 Å². The fraction of sp³-hybridized carbons (Fsp3) is 0.500. The molecule has 0 bridgehead atoms. The number of carbonyl (C=O) groups is 1. The van der Waals surface area contributed by atoms with E-state index in [0.29, 0.717) is 18.9 Å². The van der Waals surface area contributed by atoms with Crippen molar-refractivity contribution in [2.45, 2.75) is 19.4 Å². The smallest absolute Gasteiger partial charge is 0.222 e. The van der Waals surface area contributed by atoms with Crippen LogP contribution in [0.1, 0.15) is 18.4 Å². The second-order valence-corrected chi connectivity index (χ2v) is 4.80. The van der Waals surface area contributed by atoms with Gasteiger partial charge in [-0.1, -0.05) is 30.3 Å². The highest BCUT2D eigenvalue weighted by atomic mass is 16.2. The predicted molar refractivity (Wildman–Crippen MR) is 68.5 cm³/mol. The van der Waals surface area contributed by atoms with Gasteiger partial charge in [0.25, 0.3) is 0 Å². The van der Waals surface area contributed by atoms with Crippen LogP contribution in [0.4, 0.5) is 0 Å². The standard InChI is InChI=1S/C14H20N2O/c1-16(11-12-5-3-2-4-6-12)14(17)9-13-7-8-15-10-13/h2-6,13,15H,7-11H2,1H3/t13-/m0/s1. The summed E-state index contributed by atoms with van der Waals surface area (Å²) in [4.78, 5) is 13.8. The van der Waals surface area contributed by atoms with Gasteiger partial charge in [0.2, 0.25) is 5.91 Å². The number of rotatable bonds is 4. The molecule has 3 nitrogen and oxygen atoms in total. The first-order valence-electron chi connectivity index (χ1n) is 6.24. The first kappa shape index (κ1) is 12.1. The Kier molecular flexibility index (Phi) is 4.15. The Labute approximate surface area is 103 Å². The van der Waals surface area contributed by atoms with Gasteiger partial charge in [0.1, 0.15) is 0 Å². The SMILES string of the molecule is CN(Cc1ccccc1)C(=O)C[C@@H]1CCNC1. The largest absolute Gasteiger partial charge is 0.341 e. The van der Waals surface area contributed by atoms with Crippen molar-refractivity contribution in [3.8, 4) is 0 Å². The van der Waals surface area contributed by atoms with Crippen molar-refractivity contribution in [3.05, 3.63) is 35.9 Å². The van der Waals surface area contributed by atoms with E-state index in [1.165, 1.54) is 5.56 Å². The van der Waals surface area contributed by atoms with E-state index < -0.39 is 0 Å². The Hall–Kier alpha value is -1.35. The second kappa shape index (κ2) is 5.82. The lowest BCUT2D eigenvalue weighted by atomic mass is 10.0. The molecular weight excluding hydrogens is 212 g/mol. The molecule has 0 aliphatic carbocycles. The van der Waals surface area contributed by atoms with Gasteiger partial charge in [-0.15, -0.1) is 0 Å². The molecule has 17 heavy (non-hydrogen) atoms. The first-order valence-corrected chi connectivity index (χ1v) is 6.24. The van der Waals surface area contributed by atoms with Crippen LogP contribution in [0.5, 0.6) is 0 Å². The van der Waals surface area contributed by atoms with Crippen molar-refractivity contribution in [2.75, 3.05) is 20.1 Å². The number of hydrogen-bond donors (Lipinski definition) is 1. The predicted octanol–water partition coefficient (Wildman–Crippen LogP) is 1.64. The summed E-state index contributed by atoms with van der Waals surface area (Å²) in [6, 6.07) is 10.1. The Bertz CT molecular complexity index is 358. The maximum Gasteiger partial charge on any atom is 0.222 e. The van der Waals surface area contributed by atoms with Crippen molar-refractivity contribution in [2.24, 2.45) is 5.92 Å². The fourth-order valence-corrected chi connectivity index (χ4v) is 2.24. The van der Waals surface area contributed by atoms with Crippen molar-refractivity contribution in [1.82, 2.24) is 10.2 Å². The lowest BCUT2D eigenvalue weighted by Gasteiger charge is -2.19. The number of benzene rings is 1. The second-order valence-electron chi connectivity index (χ2n) is 4.80. The van der Waals surface area contributed by atoms with Gasteiger partial charge in [-0.25, -0.2) is 0 Å². The van der Waals surface area contributed by atoms with Gasteiger partial charge in [-0.05, 0) is 31.0 Å². The van der Waals surface area contributed by atoms with Crippen LogP contribution in [0.15, 0.2) is 30.3 Å². The Morgan fingerprint density at radius 1 is 1.41 bits per heavy atom. The Morgan fingerprint density at radius 3 is 2.82 bits per heavy atom. The summed E-state index contributed by atoms with van der Waals surface area (Å²) in [5.41, 5.74) is 1.19. The van der Waals surface area contributed by atoms with Gasteiger partial charge in [-0.3, -0.25) is 4.79 Å². The molecule has 0 aromatic heterocycles. The highest BCUT2D eigenvalue weighted by molar-refractivity contribution is 5.76. The van der Waals surface area contributed by atoms with Crippen molar-refractivity contribution >= 4 is 5.91 Å². The van der Waals surface area contributed by atoms with Gasteiger partial charge >= 0.3 is 0 Å². The van der Waals surface area contributed by atoms with Crippen LogP contribution in [-0.2, 0) is 11.3 Å². The van der Waals surface area contributed by atoms with Crippen LogP contribution < -0.4 is 5.32 Å². The van der Waals surface area contributed by atoms with Crippen molar-refractivity contribution in [3.63, 3.8) is 0 Å². The van der Waals surface area contributed by atoms with Crippen LogP contribution in [0.3, 0.4) is 0 Å². The molecular formula is C14H20N2O. The topological polar surface area (TPSA) is 32.3 Å². The molecule has 1 aliphatic rings. The molecule has 0 radical (unpaired) electrons. The molecule has 2 rings (SSSR count). The van der Waals surface area contributed by atoms with Gasteiger partial charge in [0, 0.05) is 20.0 Å². The molecule has 3 heteroatoms. The summed E-state index contributed by atoms with van der Waals surface area (Å²) in [5.74, 6) is 0.781. The van der Waals surface area contributed by atoms with E-state index in [9.17, 15) is 4.79 Å². The Balaban J connectivity index is 1.82. The van der Waals surface area contributed by atoms with E-state index in [1.807, 2.05) is 30.1 Å². The summed E-state index contributed by atoms with van der Waals surface area (Å²) in [6.45, 7) is 2.76. The van der Waals surface area contributed by atoms with Crippen LogP contribution >= 0.6 is 0 Å². The van der Waals surface area contributed by atoms with Gasteiger partial charge < -0.3 is 10.2 Å². The monoisotopic (exact) mass is 232 g/mol. The number of amides is 1. The van der Waals surface area contributed by atoms with E-state index in [1.54, 1.807) is 0 Å². The normalized spacial score (nSPS) is 19.2. The number of nitrogens with zero attached hydrogens (tertiary/aromatic N) is 1. The summed E-state index contributed by atoms with van der Waals surface area (Å²) < 4.78 is 0. The lowest BCUT2D eigenvalue weighted by Crippen LogP contribution is -2.28. The maximum atomic E-state index is 12.0. The molecule has 1 aromatic carbocycles. The van der Waals surface area contributed by atoms with Crippen molar-refractivity contribution < 1.29 is 4.79 Å². The van der Waals surface area contributed by atoms with Crippen LogP contribution in [0, 0.1) is 5.92 Å². The van der Waals surface area contributed by atoms with E-state index in [4.69, 9.17) is 0 Å². The molecule has 1 aromatic rings. The first-order chi connectivity index (χ1) is 8.25. The van der Waals surface area contributed by atoms with E-state index >= 15 is 0 Å². The zero-order valence-corrected chi connectivity index (χ0v) is 10.4. The molecule has 1 fully saturated rings. The third kappa shape index (κ3) is 3.56. The fourth-order valence-electron chi connectivity index (χ4n) is 2.24. The summed E-state index contributed by atoms with van der Waals surface area (Å²) >= 11 is 0. The van der Waals surface area contributed by atoms with E-state index in [2.05, 4.69) is 17.4 Å². The highest BCUT2D eigenvalue weighted by Crippen LogP contribution is 2.14. The van der Waals surface area contributed by atoms with Crippen LogP contribution in [0.2, 0.25) is 0 Å². The zero-order valence-electron chi connectivity index (χ0n) is 10.4. The Morgan fingerprint density at radius 2 is 2.18 bits per heavy atom. The molecule has 0 unspecified atom stereocenters. The molecule has 1 aliphatic heterocycles. The number of hydrogen-bond acceptors (Lipinski definition) is 2. The molecule has 0 saturated carbocycles. The quantitative estimate of drug-likeness (QED) is 0.856. The molecule has 1 atom stereocenters. The molecule has 92 valence electrons. The van der Waals surface area contributed by atoms with Gasteiger partial charge in [-0.2, -0.15) is 0 Å².